The van der Waals surface area contributed by atoms with Crippen LogP contribution in [0.2, 0.25) is 10.1 Å². The molecule has 3 N–H and O–H groups in total. The fourth-order valence-corrected chi connectivity index (χ4v) is 12.5. The first-order valence-corrected chi connectivity index (χ1v) is 18.8. The average Bonchev–Trinajstić information content (AvgIpc) is 3.28. The number of phenolic OH excluding ortho intramolecular Hbond substituents is 1. The van der Waals surface area contributed by atoms with E-state index in [4.69, 9.17) is 16.0 Å². The Hall–Kier alpha value is -3.53. The predicted molar refractivity (Wildman–Crippen MR) is 193 cm³/mol. The molecule has 48 heavy (non-hydrogen) atoms. The van der Waals surface area contributed by atoms with Crippen LogP contribution >= 0.6 is 11.6 Å². The van der Waals surface area contributed by atoms with Gasteiger partial charge >= 0.3 is 0 Å². The second-order valence-corrected chi connectivity index (χ2v) is 18.8. The first-order valence-electron chi connectivity index (χ1n) is 16.5. The van der Waals surface area contributed by atoms with Crippen LogP contribution in [0.4, 0.5) is 0 Å². The van der Waals surface area contributed by atoms with Crippen molar-refractivity contribution in [2.24, 2.45) is 17.8 Å². The van der Waals surface area contributed by atoms with Crippen molar-refractivity contribution in [1.29, 1.82) is 0 Å². The predicted octanol–water partition coefficient (Wildman–Crippen LogP) is 5.71. The van der Waals surface area contributed by atoms with Gasteiger partial charge in [0.25, 0.3) is 8.32 Å². The van der Waals surface area contributed by atoms with Gasteiger partial charge in [0.2, 0.25) is 11.8 Å². The van der Waals surface area contributed by atoms with Crippen molar-refractivity contribution >= 4 is 48.2 Å². The van der Waals surface area contributed by atoms with Gasteiger partial charge in [-0.05, 0) is 76.5 Å². The van der Waals surface area contributed by atoms with E-state index >= 15 is 0 Å². The van der Waals surface area contributed by atoms with Crippen LogP contribution in [0.15, 0.2) is 95.6 Å². The van der Waals surface area contributed by atoms with E-state index in [9.17, 15) is 24.9 Å². The number of rotatable bonds is 11. The Balaban J connectivity index is 1.55. The third-order valence-corrected chi connectivity index (χ3v) is 15.3. The Bertz CT molecular complexity index is 1660. The normalized spacial score (nSPS) is 21.1. The lowest BCUT2D eigenvalue weighted by molar-refractivity contribution is -0.138. The van der Waals surface area contributed by atoms with Gasteiger partial charge in [0.15, 0.2) is 0 Å². The SMILES string of the molecule is C/C(=C\c1ccc(O)cc1Cl)CC[C@@H](O)C1=C(CO[Si](c2ccccc2)(c2ccccc2)C(C)(C)C)C[C@H]2C(=O)N(C)C(=O)[C@H]2[C@H]1CO. The average molecular weight is 688 g/mol. The number of hydrogen-bond acceptors (Lipinski definition) is 6. The lowest BCUT2D eigenvalue weighted by Gasteiger charge is -2.44. The lowest BCUT2D eigenvalue weighted by atomic mass is 9.68. The van der Waals surface area contributed by atoms with Crippen LogP contribution in [-0.4, -0.2) is 66.7 Å². The Morgan fingerprint density at radius 3 is 2.17 bits per heavy atom. The molecule has 5 rings (SSSR count). The van der Waals surface area contributed by atoms with Gasteiger partial charge in [-0.2, -0.15) is 0 Å². The summed E-state index contributed by atoms with van der Waals surface area (Å²) >= 11 is 6.33. The summed E-state index contributed by atoms with van der Waals surface area (Å²) in [6, 6.07) is 25.3. The quantitative estimate of drug-likeness (QED) is 0.136. The number of carbonyl (C=O) groups is 2. The summed E-state index contributed by atoms with van der Waals surface area (Å²) in [4.78, 5) is 27.9. The number of aromatic hydroxyl groups is 1. The molecule has 1 heterocycles. The molecule has 9 heteroatoms. The van der Waals surface area contributed by atoms with Crippen molar-refractivity contribution in [3.8, 4) is 5.75 Å². The van der Waals surface area contributed by atoms with E-state index in [0.717, 1.165) is 27.1 Å². The second-order valence-electron chi connectivity index (χ2n) is 14.1. The van der Waals surface area contributed by atoms with E-state index in [-0.39, 0.29) is 42.2 Å². The lowest BCUT2D eigenvalue weighted by Crippen LogP contribution is -2.66. The maximum Gasteiger partial charge on any atom is 0.261 e. The van der Waals surface area contributed by atoms with Crippen molar-refractivity contribution in [3.63, 3.8) is 0 Å². The minimum absolute atomic E-state index is 0.0845. The number of benzene rings is 3. The fourth-order valence-electron chi connectivity index (χ4n) is 7.70. The highest BCUT2D eigenvalue weighted by Crippen LogP contribution is 2.47. The molecule has 0 radical (unpaired) electrons. The van der Waals surface area contributed by atoms with Crippen LogP contribution in [0.25, 0.3) is 6.08 Å². The first-order chi connectivity index (χ1) is 22.8. The molecule has 0 spiro atoms. The molecule has 2 aliphatic rings. The number of carbonyl (C=O) groups excluding carboxylic acids is 2. The number of nitrogens with zero attached hydrogens (tertiary/aromatic N) is 1. The molecule has 1 saturated heterocycles. The number of aliphatic hydroxyl groups excluding tert-OH is 2. The molecular formula is C39H46ClNO6Si. The molecule has 1 fully saturated rings. The summed E-state index contributed by atoms with van der Waals surface area (Å²) in [6.07, 6.45) is 2.07. The van der Waals surface area contributed by atoms with Crippen molar-refractivity contribution in [1.82, 2.24) is 4.90 Å². The minimum Gasteiger partial charge on any atom is -0.508 e. The van der Waals surface area contributed by atoms with Crippen LogP contribution in [-0.2, 0) is 14.0 Å². The van der Waals surface area contributed by atoms with Gasteiger partial charge in [0.05, 0.1) is 36.2 Å². The van der Waals surface area contributed by atoms with Crippen LogP contribution in [0.3, 0.4) is 0 Å². The Kier molecular flexibility index (Phi) is 10.8. The molecule has 3 aromatic rings. The van der Waals surface area contributed by atoms with Gasteiger partial charge in [-0.3, -0.25) is 14.5 Å². The van der Waals surface area contributed by atoms with E-state index < -0.39 is 32.2 Å². The first kappa shape index (κ1) is 35.8. The molecule has 1 aliphatic heterocycles. The van der Waals surface area contributed by atoms with Gasteiger partial charge in [0, 0.05) is 13.0 Å². The summed E-state index contributed by atoms with van der Waals surface area (Å²) in [7, 11) is -1.48. The van der Waals surface area contributed by atoms with Gasteiger partial charge in [-0.25, -0.2) is 0 Å². The number of phenols is 1. The highest BCUT2D eigenvalue weighted by atomic mass is 35.5. The molecule has 3 aromatic carbocycles. The highest BCUT2D eigenvalue weighted by molar-refractivity contribution is 6.99. The maximum atomic E-state index is 13.4. The monoisotopic (exact) mass is 687 g/mol. The Morgan fingerprint density at radius 2 is 1.62 bits per heavy atom. The zero-order valence-corrected chi connectivity index (χ0v) is 30.1. The van der Waals surface area contributed by atoms with E-state index in [0.29, 0.717) is 23.4 Å². The molecule has 2 amide bonds. The summed E-state index contributed by atoms with van der Waals surface area (Å²) in [6.45, 7) is 8.32. The molecule has 0 bridgehead atoms. The molecule has 0 saturated carbocycles. The zero-order valence-electron chi connectivity index (χ0n) is 28.3. The fraction of sp³-hybridized carbons (Fsp3) is 0.385. The molecule has 0 unspecified atom stereocenters. The van der Waals surface area contributed by atoms with Crippen LogP contribution < -0.4 is 10.4 Å². The van der Waals surface area contributed by atoms with E-state index in [1.54, 1.807) is 12.1 Å². The number of allylic oxidation sites excluding steroid dienone is 1. The Labute approximate surface area is 289 Å². The molecular weight excluding hydrogens is 642 g/mol. The zero-order chi connectivity index (χ0) is 34.8. The summed E-state index contributed by atoms with van der Waals surface area (Å²) in [5, 5.41) is 34.8. The number of halogens is 1. The number of hydrogen-bond donors (Lipinski definition) is 3. The smallest absolute Gasteiger partial charge is 0.261 e. The van der Waals surface area contributed by atoms with Crippen molar-refractivity contribution < 1.29 is 29.3 Å². The minimum atomic E-state index is -2.98. The summed E-state index contributed by atoms with van der Waals surface area (Å²) < 4.78 is 7.28. The molecule has 0 aromatic heterocycles. The van der Waals surface area contributed by atoms with E-state index in [1.165, 1.54) is 18.0 Å². The topological polar surface area (TPSA) is 107 Å². The van der Waals surface area contributed by atoms with Crippen LogP contribution in [0.1, 0.15) is 52.5 Å². The van der Waals surface area contributed by atoms with Crippen molar-refractivity contribution in [2.75, 3.05) is 20.3 Å². The summed E-state index contributed by atoms with van der Waals surface area (Å²) in [5.41, 5.74) is 3.10. The van der Waals surface area contributed by atoms with Gasteiger partial charge in [-0.1, -0.05) is 105 Å². The highest BCUT2D eigenvalue weighted by Gasteiger charge is 2.55. The van der Waals surface area contributed by atoms with Crippen LogP contribution in [0, 0.1) is 17.8 Å². The van der Waals surface area contributed by atoms with Crippen LogP contribution in [0.5, 0.6) is 5.75 Å². The number of imide groups is 1. The number of aliphatic hydroxyl groups is 2. The van der Waals surface area contributed by atoms with Gasteiger partial charge in [0.1, 0.15) is 5.75 Å². The van der Waals surface area contributed by atoms with E-state index in [1.807, 2.05) is 49.4 Å². The number of amides is 2. The Morgan fingerprint density at radius 1 is 1.02 bits per heavy atom. The van der Waals surface area contributed by atoms with Crippen molar-refractivity contribution in [2.45, 2.75) is 58.1 Å². The van der Waals surface area contributed by atoms with Gasteiger partial charge in [-0.15, -0.1) is 0 Å². The maximum absolute atomic E-state index is 13.4. The second kappa shape index (κ2) is 14.5. The number of likely N-dealkylation sites (tertiary alicyclic amines) is 1. The third-order valence-electron chi connectivity index (χ3n) is 10.0. The van der Waals surface area contributed by atoms with Crippen molar-refractivity contribution in [3.05, 3.63) is 106 Å². The molecule has 7 nitrogen and oxygen atoms in total. The number of fused-ring (bicyclic) bond motifs is 1. The summed E-state index contributed by atoms with van der Waals surface area (Å²) in [5.74, 6) is -2.56. The van der Waals surface area contributed by atoms with Gasteiger partial charge < -0.3 is 19.7 Å². The largest absolute Gasteiger partial charge is 0.508 e. The molecule has 1 aliphatic carbocycles. The standard InChI is InChI=1S/C39H46ClNO6Si/c1-25(20-26-17-18-28(43)22-33(26)40)16-19-34(44)35-27(21-31-36(32(35)23-42)38(46)41(5)37(31)45)24-47-48(39(2,3)4,29-12-8-6-9-13-29)30-14-10-7-11-15-30/h6-15,17-18,20,22,31-32,34,36,42-44H,16,19,21,23-24H2,1-5H3/b25-20+/t31-,32+,34-,36-/m1/s1. The molecule has 4 atom stereocenters. The van der Waals surface area contributed by atoms with E-state index in [2.05, 4.69) is 45.0 Å². The molecule has 254 valence electrons. The third kappa shape index (κ3) is 6.82.